The number of hydrogen-bond donors (Lipinski definition) is 2. The second-order valence-corrected chi connectivity index (χ2v) is 10.5. The molecule has 1 fully saturated rings. The van der Waals surface area contributed by atoms with Crippen LogP contribution in [0.5, 0.6) is 5.75 Å². The molecule has 0 amide bonds. The Hall–Kier alpha value is -2.80. The molecular weight excluding hydrogens is 405 g/mol. The first-order valence-corrected chi connectivity index (χ1v) is 11.2. The molecule has 1 saturated heterocycles. The second kappa shape index (κ2) is 7.10. The fraction of sp³-hybridized carbons (Fsp3) is 0.480. The molecule has 0 aliphatic carbocycles. The van der Waals surface area contributed by atoms with Gasteiger partial charge in [0.2, 0.25) is 0 Å². The van der Waals surface area contributed by atoms with Crippen LogP contribution in [0.4, 0.5) is 10.2 Å². The Labute approximate surface area is 187 Å². The van der Waals surface area contributed by atoms with Gasteiger partial charge in [-0.3, -0.25) is 4.98 Å². The number of halogens is 1. The summed E-state index contributed by atoms with van der Waals surface area (Å²) in [5.74, 6) is 0.885. The Morgan fingerprint density at radius 1 is 1.12 bits per heavy atom. The van der Waals surface area contributed by atoms with Gasteiger partial charge in [-0.15, -0.1) is 10.2 Å². The number of pyridine rings is 1. The van der Waals surface area contributed by atoms with Crippen molar-refractivity contribution in [2.45, 2.75) is 70.8 Å². The number of anilines is 1. The van der Waals surface area contributed by atoms with E-state index in [1.54, 1.807) is 12.3 Å². The minimum Gasteiger partial charge on any atom is -0.507 e. The average Bonchev–Trinajstić information content (AvgIpc) is 3.13. The van der Waals surface area contributed by atoms with E-state index in [1.807, 2.05) is 39.0 Å². The number of aromatic hydroxyl groups is 1. The van der Waals surface area contributed by atoms with E-state index in [4.69, 9.17) is 0 Å². The highest BCUT2D eigenvalue weighted by Crippen LogP contribution is 2.40. The topological polar surface area (TPSA) is 74.2 Å². The van der Waals surface area contributed by atoms with Gasteiger partial charge in [0.05, 0.1) is 17.3 Å². The molecular formula is C25H30FN5O. The molecule has 2 N–H and O–H groups in total. The summed E-state index contributed by atoms with van der Waals surface area (Å²) in [6.07, 6.45) is 2.23. The molecule has 0 bridgehead atoms. The summed E-state index contributed by atoms with van der Waals surface area (Å²) in [4.78, 5) is 6.47. The Balaban J connectivity index is 1.51. The van der Waals surface area contributed by atoms with E-state index in [9.17, 15) is 5.11 Å². The SMILES string of the molecule is Cc1cnc2cc(O)c(-c3cc4c(nn3)N([C@H]3CC(C)(C)NC(C)(C)[C@H]3F)CC4)cc2c1. The van der Waals surface area contributed by atoms with Gasteiger partial charge < -0.3 is 15.3 Å². The number of phenols is 1. The number of rotatable bonds is 2. The van der Waals surface area contributed by atoms with Crippen LogP contribution in [0.1, 0.15) is 45.2 Å². The van der Waals surface area contributed by atoms with Gasteiger partial charge in [0.15, 0.2) is 5.82 Å². The van der Waals surface area contributed by atoms with Crippen molar-refractivity contribution in [1.29, 1.82) is 0 Å². The molecule has 32 heavy (non-hydrogen) atoms. The van der Waals surface area contributed by atoms with Crippen LogP contribution in [0.3, 0.4) is 0 Å². The number of phenolic OH excluding ortho intramolecular Hbond substituents is 1. The Morgan fingerprint density at radius 3 is 2.69 bits per heavy atom. The van der Waals surface area contributed by atoms with Crippen LogP contribution in [-0.4, -0.2) is 50.1 Å². The lowest BCUT2D eigenvalue weighted by Crippen LogP contribution is -2.69. The quantitative estimate of drug-likeness (QED) is 0.624. The minimum absolute atomic E-state index is 0.128. The number of piperidine rings is 1. The van der Waals surface area contributed by atoms with Crippen molar-refractivity contribution in [1.82, 2.24) is 20.5 Å². The minimum atomic E-state index is -1.02. The van der Waals surface area contributed by atoms with E-state index in [0.717, 1.165) is 40.8 Å². The summed E-state index contributed by atoms with van der Waals surface area (Å²) < 4.78 is 15.5. The molecule has 3 aromatic rings. The lowest BCUT2D eigenvalue weighted by Gasteiger charge is -2.51. The molecule has 2 aromatic heterocycles. The highest BCUT2D eigenvalue weighted by Gasteiger charge is 2.49. The van der Waals surface area contributed by atoms with Crippen molar-refractivity contribution in [2.75, 3.05) is 11.4 Å². The van der Waals surface area contributed by atoms with Crippen LogP contribution in [0.25, 0.3) is 22.2 Å². The van der Waals surface area contributed by atoms with E-state index >= 15 is 4.39 Å². The predicted octanol–water partition coefficient (Wildman–Crippen LogP) is 4.33. The van der Waals surface area contributed by atoms with Crippen molar-refractivity contribution >= 4 is 16.7 Å². The normalized spacial score (nSPS) is 24.0. The molecule has 4 heterocycles. The molecule has 0 saturated carbocycles. The van der Waals surface area contributed by atoms with Gasteiger partial charge in [0.25, 0.3) is 0 Å². The second-order valence-electron chi connectivity index (χ2n) is 10.5. The van der Waals surface area contributed by atoms with E-state index in [2.05, 4.69) is 39.2 Å². The number of aromatic nitrogens is 3. The maximum Gasteiger partial charge on any atom is 0.154 e. The van der Waals surface area contributed by atoms with Crippen LogP contribution in [0.15, 0.2) is 30.5 Å². The first-order chi connectivity index (χ1) is 15.0. The van der Waals surface area contributed by atoms with E-state index in [0.29, 0.717) is 17.7 Å². The summed E-state index contributed by atoms with van der Waals surface area (Å²) in [5, 5.41) is 24.0. The number of benzene rings is 1. The lowest BCUT2D eigenvalue weighted by molar-refractivity contribution is 0.0555. The summed E-state index contributed by atoms with van der Waals surface area (Å²) >= 11 is 0. The smallest absolute Gasteiger partial charge is 0.154 e. The lowest BCUT2D eigenvalue weighted by atomic mass is 9.77. The third kappa shape index (κ3) is 3.48. The molecule has 1 aromatic carbocycles. The van der Waals surface area contributed by atoms with Crippen molar-refractivity contribution < 1.29 is 9.50 Å². The van der Waals surface area contributed by atoms with Crippen LogP contribution in [0, 0.1) is 6.92 Å². The fourth-order valence-corrected chi connectivity index (χ4v) is 5.50. The Kier molecular flexibility index (Phi) is 4.68. The van der Waals surface area contributed by atoms with Gasteiger partial charge in [-0.05, 0) is 71.2 Å². The number of alkyl halides is 1. The number of nitrogens with zero attached hydrogens (tertiary/aromatic N) is 4. The molecule has 7 heteroatoms. The molecule has 5 rings (SSSR count). The van der Waals surface area contributed by atoms with Crippen LogP contribution < -0.4 is 10.2 Å². The Bertz CT molecular complexity index is 1210. The van der Waals surface area contributed by atoms with Crippen molar-refractivity contribution in [2.24, 2.45) is 0 Å². The first kappa shape index (κ1) is 21.1. The number of aryl methyl sites for hydroxylation is 1. The zero-order valence-electron chi connectivity index (χ0n) is 19.3. The van der Waals surface area contributed by atoms with Crippen LogP contribution >= 0.6 is 0 Å². The highest BCUT2D eigenvalue weighted by molar-refractivity contribution is 5.87. The van der Waals surface area contributed by atoms with Gasteiger partial charge >= 0.3 is 0 Å². The predicted molar refractivity (Wildman–Crippen MR) is 125 cm³/mol. The fourth-order valence-electron chi connectivity index (χ4n) is 5.50. The third-order valence-electron chi connectivity index (χ3n) is 6.76. The standard InChI is InChI=1S/C25H30FN5O/c1-14-8-16-9-17(21(32)11-18(16)27-13-14)19-10-15-6-7-31(23(15)29-28-19)20-12-24(2,3)30-25(4,5)22(20)26/h8-11,13,20,22,30,32H,6-7,12H2,1-5H3/t20-,22-/m0/s1. The van der Waals surface area contributed by atoms with E-state index < -0.39 is 11.7 Å². The van der Waals surface area contributed by atoms with Crippen LogP contribution in [-0.2, 0) is 6.42 Å². The third-order valence-corrected chi connectivity index (χ3v) is 6.76. The Morgan fingerprint density at radius 2 is 1.91 bits per heavy atom. The van der Waals surface area contributed by atoms with Gasteiger partial charge in [-0.25, -0.2) is 4.39 Å². The summed E-state index contributed by atoms with van der Waals surface area (Å²) in [7, 11) is 0. The molecule has 6 nitrogen and oxygen atoms in total. The number of nitrogens with one attached hydrogen (secondary N) is 1. The summed E-state index contributed by atoms with van der Waals surface area (Å²) in [6.45, 7) is 10.8. The van der Waals surface area contributed by atoms with Gasteiger partial charge in [0.1, 0.15) is 11.9 Å². The van der Waals surface area contributed by atoms with E-state index in [-0.39, 0.29) is 17.3 Å². The maximum absolute atomic E-state index is 15.5. The average molecular weight is 436 g/mol. The molecule has 0 unspecified atom stereocenters. The molecule has 0 radical (unpaired) electrons. The largest absolute Gasteiger partial charge is 0.507 e. The van der Waals surface area contributed by atoms with Crippen LogP contribution in [0.2, 0.25) is 0 Å². The maximum atomic E-state index is 15.5. The van der Waals surface area contributed by atoms with Gasteiger partial charge in [-0.2, -0.15) is 0 Å². The number of hydrogen-bond acceptors (Lipinski definition) is 6. The van der Waals surface area contributed by atoms with Gasteiger partial charge in [0, 0.05) is 46.4 Å². The zero-order chi connectivity index (χ0) is 22.8. The molecule has 0 spiro atoms. The van der Waals surface area contributed by atoms with Crippen molar-refractivity contribution in [3.8, 4) is 17.0 Å². The first-order valence-electron chi connectivity index (χ1n) is 11.2. The monoisotopic (exact) mass is 435 g/mol. The number of fused-ring (bicyclic) bond motifs is 2. The van der Waals surface area contributed by atoms with E-state index in [1.165, 1.54) is 0 Å². The van der Waals surface area contributed by atoms with Crippen molar-refractivity contribution in [3.05, 3.63) is 41.6 Å². The summed E-state index contributed by atoms with van der Waals surface area (Å²) in [5.41, 5.74) is 3.29. The molecule has 168 valence electrons. The van der Waals surface area contributed by atoms with Gasteiger partial charge in [-0.1, -0.05) is 0 Å². The highest BCUT2D eigenvalue weighted by atomic mass is 19.1. The molecule has 2 aliphatic rings. The molecule has 2 atom stereocenters. The molecule has 2 aliphatic heterocycles. The van der Waals surface area contributed by atoms with Crippen molar-refractivity contribution in [3.63, 3.8) is 0 Å². The zero-order valence-corrected chi connectivity index (χ0v) is 19.3. The summed E-state index contributed by atoms with van der Waals surface area (Å²) in [6, 6.07) is 7.33.